The Labute approximate surface area is 209 Å². The van der Waals surface area contributed by atoms with E-state index in [1.54, 1.807) is 30.3 Å². The Balaban J connectivity index is 1.61. The number of nitrogens with zero attached hydrogens (tertiary/aromatic N) is 2. The molecule has 14 heteroatoms. The minimum Gasteiger partial charge on any atom is -0.575 e. The Hall–Kier alpha value is -3.64. The molecule has 3 N–H and O–H groups in total. The molecule has 0 bridgehead atoms. The molecule has 2 unspecified atom stereocenters. The Morgan fingerprint density at radius 1 is 1.32 bits per heavy atom. The van der Waals surface area contributed by atoms with E-state index in [9.17, 15) is 24.4 Å². The van der Waals surface area contributed by atoms with Crippen LogP contribution in [0, 0.1) is 0 Å². The topological polar surface area (TPSA) is 175 Å². The van der Waals surface area contributed by atoms with Crippen molar-refractivity contribution >= 4 is 24.9 Å². The van der Waals surface area contributed by atoms with E-state index in [-0.39, 0.29) is 11.5 Å². The second kappa shape index (κ2) is 10.4. The van der Waals surface area contributed by atoms with Crippen molar-refractivity contribution in [2.24, 2.45) is 4.74 Å². The van der Waals surface area contributed by atoms with Crippen molar-refractivity contribution in [3.05, 3.63) is 69.5 Å². The summed E-state index contributed by atoms with van der Waals surface area (Å²) in [4.78, 5) is 49.1. The van der Waals surface area contributed by atoms with Crippen LogP contribution in [0.5, 0.6) is 11.5 Å². The molecule has 0 aliphatic carbocycles. The number of rotatable bonds is 8. The number of alkyl halides is 1. The fraction of sp³-hybridized carbons (Fsp3) is 0.348. The van der Waals surface area contributed by atoms with Crippen molar-refractivity contribution in [2.75, 3.05) is 6.61 Å². The number of carboxylic acid groups (broad SMARTS) is 1. The predicted octanol–water partition coefficient (Wildman–Crippen LogP) is 1.46. The Morgan fingerprint density at radius 2 is 2.05 bits per heavy atom. The van der Waals surface area contributed by atoms with E-state index in [0.717, 1.165) is 23.8 Å². The summed E-state index contributed by atoms with van der Waals surface area (Å²) in [5, 5.41) is 20.9. The summed E-state index contributed by atoms with van der Waals surface area (Å²) < 4.78 is 36.5. The molecule has 196 valence electrons. The highest BCUT2D eigenvalue weighted by Crippen LogP contribution is 2.42. The molecule has 1 aliphatic heterocycles. The third-order valence-electron chi connectivity index (χ3n) is 5.83. The SMILES string of the molecule is CC(/N=[P+](\[O-])Oc1c(OC[C@H]2O[C@@H](n3ccc(=O)[nH]c3=O)[C@](C)(O)[C@@H]2F)ccc2ccccc12)C(=O)O. The fourth-order valence-corrected chi connectivity index (χ4v) is 4.64. The number of fused-ring (bicyclic) bond motifs is 1. The lowest BCUT2D eigenvalue weighted by molar-refractivity contribution is -0.169. The molecule has 2 heterocycles. The van der Waals surface area contributed by atoms with Crippen LogP contribution in [-0.2, 0) is 9.53 Å². The van der Waals surface area contributed by atoms with Gasteiger partial charge in [-0.05, 0) is 25.3 Å². The number of benzene rings is 2. The van der Waals surface area contributed by atoms with Gasteiger partial charge in [0.1, 0.15) is 18.3 Å². The first-order valence-electron chi connectivity index (χ1n) is 11.1. The summed E-state index contributed by atoms with van der Waals surface area (Å²) in [5.74, 6) is -1.24. The third kappa shape index (κ3) is 5.39. The second-order valence-corrected chi connectivity index (χ2v) is 9.44. The number of hydrogen-bond acceptors (Lipinski definition) is 9. The van der Waals surface area contributed by atoms with Gasteiger partial charge in [0, 0.05) is 17.6 Å². The van der Waals surface area contributed by atoms with Crippen molar-refractivity contribution in [3.63, 3.8) is 0 Å². The quantitative estimate of drug-likeness (QED) is 0.361. The molecular formula is C23H23FN3O9P. The van der Waals surface area contributed by atoms with Crippen LogP contribution >= 0.6 is 8.17 Å². The van der Waals surface area contributed by atoms with Gasteiger partial charge in [0.2, 0.25) is 5.75 Å². The van der Waals surface area contributed by atoms with Gasteiger partial charge < -0.3 is 24.6 Å². The van der Waals surface area contributed by atoms with E-state index in [1.165, 1.54) is 13.0 Å². The zero-order valence-electron chi connectivity index (χ0n) is 19.6. The number of aromatic nitrogens is 2. The summed E-state index contributed by atoms with van der Waals surface area (Å²) in [6.07, 6.45) is -3.71. The highest BCUT2D eigenvalue weighted by molar-refractivity contribution is 7.34. The number of nitrogens with one attached hydrogen (secondary N) is 1. The minimum atomic E-state index is -2.81. The molecule has 0 saturated carbocycles. The lowest BCUT2D eigenvalue weighted by Crippen LogP contribution is -2.45. The largest absolute Gasteiger partial charge is 0.575 e. The van der Waals surface area contributed by atoms with E-state index >= 15 is 4.39 Å². The van der Waals surface area contributed by atoms with Crippen molar-refractivity contribution in [2.45, 2.75) is 44.0 Å². The molecule has 37 heavy (non-hydrogen) atoms. The highest BCUT2D eigenvalue weighted by atomic mass is 31.1. The molecule has 12 nitrogen and oxygen atoms in total. The average Bonchev–Trinajstić information content (AvgIpc) is 3.06. The molecule has 2 aromatic carbocycles. The second-order valence-electron chi connectivity index (χ2n) is 8.56. The maximum Gasteiger partial charge on any atom is 0.395 e. The number of H-pyrrole nitrogens is 1. The number of ether oxygens (including phenoxy) is 2. The van der Waals surface area contributed by atoms with E-state index < -0.39 is 62.1 Å². The number of aromatic amines is 1. The van der Waals surface area contributed by atoms with Gasteiger partial charge in [-0.1, -0.05) is 35.1 Å². The number of aliphatic carboxylic acids is 1. The van der Waals surface area contributed by atoms with Crippen molar-refractivity contribution in [3.8, 4) is 11.5 Å². The fourth-order valence-electron chi connectivity index (χ4n) is 3.86. The average molecular weight is 535 g/mol. The first-order chi connectivity index (χ1) is 17.5. The molecule has 1 fully saturated rings. The van der Waals surface area contributed by atoms with Gasteiger partial charge in [-0.2, -0.15) is 0 Å². The van der Waals surface area contributed by atoms with Crippen LogP contribution in [0.3, 0.4) is 0 Å². The van der Waals surface area contributed by atoms with Crippen LogP contribution in [0.4, 0.5) is 4.39 Å². The standard InChI is InChI=1S/C23H23FN3O9P/c1-12(20(29)30)26-37(33)36-18-14-6-4-3-5-13(14)7-8-15(18)34-11-16-19(24)23(2,32)21(35-16)27-10-9-17(28)25-22(27)31/h3-10,12,16,19,21,32H,11H2,1-2H3,(H,29,30)(H,25,28,31)/t12?,16-,19-,21-,23-/m1/s1. The molecule has 3 aromatic rings. The van der Waals surface area contributed by atoms with Crippen LogP contribution < -0.4 is 25.4 Å². The molecule has 0 amide bonds. The monoisotopic (exact) mass is 535 g/mol. The third-order valence-corrected chi connectivity index (χ3v) is 6.71. The van der Waals surface area contributed by atoms with Gasteiger partial charge in [0.05, 0.1) is 0 Å². The normalized spacial score (nSPS) is 24.7. The predicted molar refractivity (Wildman–Crippen MR) is 127 cm³/mol. The van der Waals surface area contributed by atoms with Crippen molar-refractivity contribution in [1.82, 2.24) is 9.55 Å². The Kier molecular flexibility index (Phi) is 7.42. The minimum absolute atomic E-state index is 0.00545. The highest BCUT2D eigenvalue weighted by Gasteiger charge is 2.55. The molecule has 0 spiro atoms. The lowest BCUT2D eigenvalue weighted by atomic mass is 9.98. The maximum atomic E-state index is 15.2. The molecule has 0 radical (unpaired) electrons. The summed E-state index contributed by atoms with van der Waals surface area (Å²) in [7, 11) is -2.81. The van der Waals surface area contributed by atoms with Gasteiger partial charge in [-0.3, -0.25) is 18.9 Å². The van der Waals surface area contributed by atoms with Crippen LogP contribution in [0.25, 0.3) is 10.8 Å². The molecular weight excluding hydrogens is 512 g/mol. The lowest BCUT2D eigenvalue weighted by Gasteiger charge is -2.26. The maximum absolute atomic E-state index is 15.2. The summed E-state index contributed by atoms with van der Waals surface area (Å²) in [5.41, 5.74) is -3.70. The molecule has 1 aromatic heterocycles. The Bertz CT molecular complexity index is 1470. The van der Waals surface area contributed by atoms with E-state index in [1.807, 2.05) is 4.98 Å². The van der Waals surface area contributed by atoms with Gasteiger partial charge in [0.25, 0.3) is 5.56 Å². The van der Waals surface area contributed by atoms with Crippen LogP contribution in [-0.4, -0.2) is 56.3 Å². The van der Waals surface area contributed by atoms with Crippen LogP contribution in [0.2, 0.25) is 0 Å². The zero-order valence-corrected chi connectivity index (χ0v) is 20.5. The molecule has 4 rings (SSSR count). The van der Waals surface area contributed by atoms with E-state index in [0.29, 0.717) is 10.8 Å². The number of hydrogen-bond donors (Lipinski definition) is 3. The van der Waals surface area contributed by atoms with E-state index in [2.05, 4.69) is 4.74 Å². The number of aliphatic hydroxyl groups is 1. The van der Waals surface area contributed by atoms with Crippen LogP contribution in [0.1, 0.15) is 20.1 Å². The van der Waals surface area contributed by atoms with Crippen molar-refractivity contribution < 1.29 is 38.3 Å². The van der Waals surface area contributed by atoms with E-state index in [4.69, 9.17) is 19.1 Å². The zero-order chi connectivity index (χ0) is 26.9. The van der Waals surface area contributed by atoms with Crippen LogP contribution in [0.15, 0.2) is 63.0 Å². The number of carboxylic acids is 1. The molecule has 6 atom stereocenters. The number of carbonyl (C=O) groups is 1. The smallest absolute Gasteiger partial charge is 0.395 e. The van der Waals surface area contributed by atoms with Gasteiger partial charge in [0.15, 0.2) is 24.2 Å². The van der Waals surface area contributed by atoms with Gasteiger partial charge >= 0.3 is 19.8 Å². The molecule has 1 saturated heterocycles. The first kappa shape index (κ1) is 26.4. The van der Waals surface area contributed by atoms with Crippen molar-refractivity contribution in [1.29, 1.82) is 0 Å². The molecule has 1 aliphatic rings. The Morgan fingerprint density at radius 3 is 2.76 bits per heavy atom. The summed E-state index contributed by atoms with van der Waals surface area (Å²) in [6, 6.07) is 9.82. The van der Waals surface area contributed by atoms with Gasteiger partial charge in [-0.25, -0.2) is 14.0 Å². The van der Waals surface area contributed by atoms with Gasteiger partial charge in [-0.15, -0.1) is 0 Å². The number of halogens is 1. The summed E-state index contributed by atoms with van der Waals surface area (Å²) >= 11 is 0. The first-order valence-corrected chi connectivity index (χ1v) is 12.2. The summed E-state index contributed by atoms with van der Waals surface area (Å²) in [6.45, 7) is 1.95.